The van der Waals surface area contributed by atoms with Crippen molar-refractivity contribution in [2.24, 2.45) is 34.0 Å². The van der Waals surface area contributed by atoms with E-state index in [-0.39, 0.29) is 56.9 Å². The summed E-state index contributed by atoms with van der Waals surface area (Å²) in [5.74, 6) is -8.67. The number of aromatic amines is 1. The highest BCUT2D eigenvalue weighted by Crippen LogP contribution is 2.20. The van der Waals surface area contributed by atoms with E-state index >= 15 is 0 Å². The lowest BCUT2D eigenvalue weighted by Crippen LogP contribution is -2.62. The van der Waals surface area contributed by atoms with Crippen LogP contribution in [0.15, 0.2) is 41.8 Å². The van der Waals surface area contributed by atoms with Crippen LogP contribution in [0.3, 0.4) is 0 Å². The average molecular weight is 899 g/mol. The van der Waals surface area contributed by atoms with Gasteiger partial charge in [-0.25, -0.2) is 9.78 Å². The molecule has 1 aliphatic heterocycles. The number of amides is 6. The van der Waals surface area contributed by atoms with Crippen molar-refractivity contribution in [2.75, 3.05) is 13.1 Å². The molecule has 23 heteroatoms. The van der Waals surface area contributed by atoms with Crippen LogP contribution in [-0.2, 0) is 51.2 Å². The van der Waals surface area contributed by atoms with Crippen molar-refractivity contribution in [3.63, 3.8) is 0 Å². The first-order chi connectivity index (χ1) is 30.2. The Morgan fingerprint density at radius 1 is 0.844 bits per heavy atom. The first-order valence-electron chi connectivity index (χ1n) is 21.0. The number of benzene rings is 1. The topological polar surface area (TPSA) is 380 Å². The number of aliphatic carboxylic acids is 2. The number of aromatic nitrogens is 2. The van der Waals surface area contributed by atoms with Crippen LogP contribution in [0.2, 0.25) is 0 Å². The van der Waals surface area contributed by atoms with Crippen molar-refractivity contribution in [1.29, 1.82) is 0 Å². The Kier molecular flexibility index (Phi) is 19.9. The number of carboxylic acid groups (broad SMARTS) is 2. The van der Waals surface area contributed by atoms with Gasteiger partial charge in [-0.2, -0.15) is 0 Å². The van der Waals surface area contributed by atoms with E-state index in [4.69, 9.17) is 22.3 Å². The largest absolute Gasteiger partial charge is 0.508 e. The number of aromatic hydroxyl groups is 1. The number of carboxylic acids is 2. The molecule has 0 bridgehead atoms. The standard InChI is InChI=1S/C41H62N12O11/c1-5-22(4)33(38(61)50-29(17-24-19-45-20-47-24)39(62)53-15-7-9-30(53)40(63)64)52-36(59)28(16-23-10-12-25(54)13-11-23)49-37(60)32(21(2)3)51-35(58)27(8-6-14-46-41(43)44)48-34(57)26(42)18-31(55)56/h10-13,19-22,26-30,32-33,54H,5-9,14-18,42H2,1-4H3,(H,45,47)(H,48,57)(H,49,60)(H,50,61)(H,51,58)(H,52,59)(H,55,56)(H,63,64)(H4,43,44,46)/t22?,26?,27-,28-,29-,30?,32?,33-/m0/s1. The summed E-state index contributed by atoms with van der Waals surface area (Å²) < 4.78 is 0. The fourth-order valence-corrected chi connectivity index (χ4v) is 6.98. The summed E-state index contributed by atoms with van der Waals surface area (Å²) >= 11 is 0. The maximum atomic E-state index is 14.3. The van der Waals surface area contributed by atoms with Crippen molar-refractivity contribution < 1.29 is 53.7 Å². The summed E-state index contributed by atoms with van der Waals surface area (Å²) in [7, 11) is 0. The number of phenols is 1. The molecule has 1 aliphatic rings. The molecule has 23 nitrogen and oxygen atoms in total. The highest BCUT2D eigenvalue weighted by atomic mass is 16.4. The van der Waals surface area contributed by atoms with E-state index in [0.29, 0.717) is 24.1 Å². The summed E-state index contributed by atoms with van der Waals surface area (Å²) in [5, 5.41) is 42.0. The maximum Gasteiger partial charge on any atom is 0.326 e. The molecule has 0 aliphatic carbocycles. The van der Waals surface area contributed by atoms with Crippen molar-refractivity contribution in [3.05, 3.63) is 48.0 Å². The van der Waals surface area contributed by atoms with Crippen LogP contribution in [0.5, 0.6) is 5.75 Å². The fraction of sp³-hybridized carbons (Fsp3) is 0.561. The number of hydrogen-bond acceptors (Lipinski definition) is 12. The number of hydrogen-bond donors (Lipinski definition) is 12. The molecule has 64 heavy (non-hydrogen) atoms. The number of imidazole rings is 1. The summed E-state index contributed by atoms with van der Waals surface area (Å²) in [6.45, 7) is 6.98. The van der Waals surface area contributed by atoms with Gasteiger partial charge in [0.25, 0.3) is 0 Å². The highest BCUT2D eigenvalue weighted by Gasteiger charge is 2.40. The highest BCUT2D eigenvalue weighted by molar-refractivity contribution is 5.97. The van der Waals surface area contributed by atoms with Crippen molar-refractivity contribution >= 4 is 53.3 Å². The van der Waals surface area contributed by atoms with Crippen LogP contribution in [0, 0.1) is 11.8 Å². The Bertz CT molecular complexity index is 1960. The van der Waals surface area contributed by atoms with Gasteiger partial charge in [-0.1, -0.05) is 46.2 Å². The molecule has 352 valence electrons. The van der Waals surface area contributed by atoms with Crippen molar-refractivity contribution in [1.82, 2.24) is 41.5 Å². The molecule has 4 unspecified atom stereocenters. The van der Waals surface area contributed by atoms with E-state index < -0.39 is 108 Å². The minimum absolute atomic E-state index is 0.0436. The van der Waals surface area contributed by atoms with E-state index in [1.54, 1.807) is 27.7 Å². The van der Waals surface area contributed by atoms with E-state index in [0.717, 1.165) is 0 Å². The molecule has 1 fully saturated rings. The van der Waals surface area contributed by atoms with E-state index in [9.17, 15) is 48.6 Å². The molecule has 0 radical (unpaired) electrons. The number of carbonyl (C=O) groups excluding carboxylic acids is 6. The van der Waals surface area contributed by atoms with Gasteiger partial charge in [0.2, 0.25) is 35.4 Å². The maximum absolute atomic E-state index is 14.3. The number of carbonyl (C=O) groups is 8. The molecule has 0 spiro atoms. The summed E-state index contributed by atoms with van der Waals surface area (Å²) in [4.78, 5) is 118. The Balaban J connectivity index is 1.91. The van der Waals surface area contributed by atoms with Crippen LogP contribution < -0.4 is 43.8 Å². The van der Waals surface area contributed by atoms with E-state index in [1.165, 1.54) is 41.7 Å². The van der Waals surface area contributed by atoms with Crippen molar-refractivity contribution in [3.8, 4) is 5.75 Å². The number of phenolic OH excluding ortho intramolecular Hbond substituents is 1. The van der Waals surface area contributed by atoms with Gasteiger partial charge in [-0.3, -0.25) is 38.6 Å². The molecule has 1 saturated heterocycles. The minimum atomic E-state index is -1.49. The zero-order valence-electron chi connectivity index (χ0n) is 36.4. The Labute approximate surface area is 370 Å². The van der Waals surface area contributed by atoms with Gasteiger partial charge in [-0.15, -0.1) is 0 Å². The average Bonchev–Trinajstić information content (AvgIpc) is 3.95. The summed E-state index contributed by atoms with van der Waals surface area (Å²) in [6.07, 6.45) is 3.14. The third-order valence-corrected chi connectivity index (χ3v) is 10.8. The summed E-state index contributed by atoms with van der Waals surface area (Å²) in [5.41, 5.74) is 17.5. The number of likely N-dealkylation sites (tertiary alicyclic amines) is 1. The lowest BCUT2D eigenvalue weighted by molar-refractivity contribution is -0.149. The number of nitrogens with zero attached hydrogens (tertiary/aromatic N) is 3. The number of rotatable bonds is 25. The molecule has 8 atom stereocenters. The van der Waals surface area contributed by atoms with Crippen LogP contribution in [0.1, 0.15) is 77.5 Å². The number of nitrogens with one attached hydrogen (secondary N) is 6. The van der Waals surface area contributed by atoms with E-state index in [2.05, 4.69) is 41.5 Å². The van der Waals surface area contributed by atoms with Crippen LogP contribution in [-0.4, -0.2) is 139 Å². The van der Waals surface area contributed by atoms with Gasteiger partial charge in [0, 0.05) is 37.8 Å². The first kappa shape index (κ1) is 51.6. The molecule has 2 aromatic rings. The molecule has 6 amide bonds. The van der Waals surface area contributed by atoms with Gasteiger partial charge in [0.15, 0.2) is 5.96 Å². The molecule has 2 heterocycles. The lowest BCUT2D eigenvalue weighted by atomic mass is 9.96. The number of nitrogens with two attached hydrogens (primary N) is 3. The molecular weight excluding hydrogens is 837 g/mol. The predicted molar refractivity (Wildman–Crippen MR) is 231 cm³/mol. The molecule has 1 aromatic heterocycles. The third kappa shape index (κ3) is 15.8. The monoisotopic (exact) mass is 898 g/mol. The molecule has 0 saturated carbocycles. The fourth-order valence-electron chi connectivity index (χ4n) is 6.98. The molecule has 3 rings (SSSR count). The Morgan fingerprint density at radius 3 is 2.03 bits per heavy atom. The van der Waals surface area contributed by atoms with Crippen molar-refractivity contribution in [2.45, 2.75) is 121 Å². The van der Waals surface area contributed by atoms with Gasteiger partial charge in [-0.05, 0) is 55.2 Å². The van der Waals surface area contributed by atoms with Gasteiger partial charge < -0.3 is 69.0 Å². The molecule has 1 aromatic carbocycles. The van der Waals surface area contributed by atoms with Crippen LogP contribution in [0.4, 0.5) is 0 Å². The second kappa shape index (κ2) is 24.8. The van der Waals surface area contributed by atoms with Gasteiger partial charge >= 0.3 is 11.9 Å². The van der Waals surface area contributed by atoms with Crippen LogP contribution >= 0.6 is 0 Å². The lowest BCUT2D eigenvalue weighted by Gasteiger charge is -2.31. The SMILES string of the molecule is CCC(C)[C@H](NC(=O)[C@H](Cc1ccc(O)cc1)NC(=O)C(NC(=O)[C@H](CCCN=C(N)N)NC(=O)C(N)CC(=O)O)C(C)C)C(=O)N[C@@H](Cc1cnc[nH]1)C(=O)N1CCCC1C(=O)O. The quantitative estimate of drug-likeness (QED) is 0.0290. The Morgan fingerprint density at radius 2 is 1.45 bits per heavy atom. The predicted octanol–water partition coefficient (Wildman–Crippen LogP) is -2.04. The summed E-state index contributed by atoms with van der Waals surface area (Å²) in [6, 6.07) is -3.26. The molecule has 15 N–H and O–H groups in total. The molecular formula is C41H62N12O11. The zero-order chi connectivity index (χ0) is 47.7. The number of aliphatic imine (C=N–C) groups is 1. The van der Waals surface area contributed by atoms with Crippen LogP contribution in [0.25, 0.3) is 0 Å². The zero-order valence-corrected chi connectivity index (χ0v) is 36.4. The second-order valence-corrected chi connectivity index (χ2v) is 16.1. The first-order valence-corrected chi connectivity index (χ1v) is 21.0. The van der Waals surface area contributed by atoms with E-state index in [1.807, 2.05) is 0 Å². The normalized spacial score (nSPS) is 16.8. The minimum Gasteiger partial charge on any atom is -0.508 e. The number of H-pyrrole nitrogens is 1. The smallest absolute Gasteiger partial charge is 0.326 e. The van der Waals surface area contributed by atoms with Gasteiger partial charge in [0.1, 0.15) is 42.0 Å². The third-order valence-electron chi connectivity index (χ3n) is 10.8. The number of guanidine groups is 1. The van der Waals surface area contributed by atoms with Gasteiger partial charge in [0.05, 0.1) is 18.8 Å². The Hall–Kier alpha value is -6.78. The second-order valence-electron chi connectivity index (χ2n) is 16.1.